The number of nitrogens with zero attached hydrogens (tertiary/aromatic N) is 4. The number of aromatic nitrogens is 1. The van der Waals surface area contributed by atoms with Crippen molar-refractivity contribution in [1.29, 1.82) is 0 Å². The molecule has 0 saturated carbocycles. The van der Waals surface area contributed by atoms with Gasteiger partial charge >= 0.3 is 0 Å². The molecule has 1 aromatic heterocycles. The van der Waals surface area contributed by atoms with Crippen molar-refractivity contribution < 1.29 is 19.7 Å². The lowest BCUT2D eigenvalue weighted by Gasteiger charge is -2.27. The van der Waals surface area contributed by atoms with E-state index in [0.29, 0.717) is 12.3 Å². The van der Waals surface area contributed by atoms with Crippen LogP contribution in [-0.2, 0) is 15.1 Å². The maximum absolute atomic E-state index is 10.2. The van der Waals surface area contributed by atoms with Crippen molar-refractivity contribution in [3.8, 4) is 5.75 Å². The maximum atomic E-state index is 10.2. The minimum Gasteiger partial charge on any atom is -0.506 e. The van der Waals surface area contributed by atoms with Crippen LogP contribution in [0.5, 0.6) is 5.75 Å². The standard InChI is InChI=1S/C17H26N4O4/c1-17(2,23)16-13(22)8-7-11(18-16)15-12(21(3)20-19-15)10-25-14-6-4-5-9-24-14/h7-8,12,14-15,22-23H,4-6,9-10H2,1-3H3. The van der Waals surface area contributed by atoms with E-state index in [-0.39, 0.29) is 29.8 Å². The molecule has 0 aromatic carbocycles. The Morgan fingerprint density at radius 1 is 1.36 bits per heavy atom. The fraction of sp³-hybridized carbons (Fsp3) is 0.706. The topological polar surface area (TPSA) is 99.8 Å². The van der Waals surface area contributed by atoms with E-state index in [1.165, 1.54) is 6.07 Å². The van der Waals surface area contributed by atoms with Crippen molar-refractivity contribution >= 4 is 0 Å². The maximum Gasteiger partial charge on any atom is 0.157 e. The Hall–Kier alpha value is -1.77. The van der Waals surface area contributed by atoms with Gasteiger partial charge in [0.05, 0.1) is 12.3 Å². The third-order valence-electron chi connectivity index (χ3n) is 4.53. The highest BCUT2D eigenvalue weighted by Gasteiger charge is 2.35. The summed E-state index contributed by atoms with van der Waals surface area (Å²) in [6.45, 7) is 4.32. The molecule has 8 heteroatoms. The molecule has 0 radical (unpaired) electrons. The predicted octanol–water partition coefficient (Wildman–Crippen LogP) is 2.28. The summed E-state index contributed by atoms with van der Waals surface area (Å²) in [5.41, 5.74) is -0.379. The molecule has 0 aliphatic carbocycles. The van der Waals surface area contributed by atoms with E-state index >= 15 is 0 Å². The zero-order valence-corrected chi connectivity index (χ0v) is 14.9. The fourth-order valence-electron chi connectivity index (χ4n) is 3.07. The molecule has 1 saturated heterocycles. The van der Waals surface area contributed by atoms with Crippen molar-refractivity contribution in [3.63, 3.8) is 0 Å². The van der Waals surface area contributed by atoms with Crippen LogP contribution in [0, 0.1) is 0 Å². The van der Waals surface area contributed by atoms with Crippen molar-refractivity contribution in [2.45, 2.75) is 57.1 Å². The van der Waals surface area contributed by atoms with E-state index in [2.05, 4.69) is 15.3 Å². The van der Waals surface area contributed by atoms with Gasteiger partial charge in [-0.05, 0) is 45.2 Å². The summed E-state index contributed by atoms with van der Waals surface area (Å²) in [6, 6.07) is 2.80. The fourth-order valence-corrected chi connectivity index (χ4v) is 3.07. The Balaban J connectivity index is 1.74. The Kier molecular flexibility index (Phi) is 5.21. The molecule has 2 N–H and O–H groups in total. The highest BCUT2D eigenvalue weighted by molar-refractivity contribution is 5.33. The predicted molar refractivity (Wildman–Crippen MR) is 89.8 cm³/mol. The lowest BCUT2D eigenvalue weighted by atomic mass is 10.0. The molecule has 138 valence electrons. The van der Waals surface area contributed by atoms with Crippen LogP contribution in [0.4, 0.5) is 0 Å². The third-order valence-corrected chi connectivity index (χ3v) is 4.53. The molecule has 3 heterocycles. The average Bonchev–Trinajstić information content (AvgIpc) is 2.94. The molecular formula is C17H26N4O4. The second-order valence-corrected chi connectivity index (χ2v) is 7.08. The molecule has 0 spiro atoms. The van der Waals surface area contributed by atoms with E-state index in [1.807, 2.05) is 7.05 Å². The van der Waals surface area contributed by atoms with E-state index in [1.54, 1.807) is 24.9 Å². The van der Waals surface area contributed by atoms with Crippen LogP contribution < -0.4 is 0 Å². The molecule has 0 amide bonds. The van der Waals surface area contributed by atoms with Gasteiger partial charge in [0.15, 0.2) is 6.29 Å². The summed E-state index contributed by atoms with van der Waals surface area (Å²) in [5.74, 6) is -0.0389. The number of aromatic hydroxyl groups is 1. The Bertz CT molecular complexity index is 626. The zero-order valence-electron chi connectivity index (χ0n) is 14.9. The van der Waals surface area contributed by atoms with Gasteiger partial charge in [-0.3, -0.25) is 5.01 Å². The monoisotopic (exact) mass is 350 g/mol. The summed E-state index contributed by atoms with van der Waals surface area (Å²) in [5, 5.41) is 30.3. The van der Waals surface area contributed by atoms with Gasteiger partial charge in [-0.1, -0.05) is 5.22 Å². The van der Waals surface area contributed by atoms with E-state index in [9.17, 15) is 10.2 Å². The summed E-state index contributed by atoms with van der Waals surface area (Å²) < 4.78 is 11.5. The molecule has 3 rings (SSSR count). The van der Waals surface area contributed by atoms with Gasteiger partial charge < -0.3 is 19.7 Å². The van der Waals surface area contributed by atoms with Gasteiger partial charge in [-0.25, -0.2) is 4.98 Å². The Morgan fingerprint density at radius 2 is 2.16 bits per heavy atom. The number of ether oxygens (including phenoxy) is 2. The first-order valence-corrected chi connectivity index (χ1v) is 8.66. The first-order valence-electron chi connectivity index (χ1n) is 8.66. The molecule has 25 heavy (non-hydrogen) atoms. The largest absolute Gasteiger partial charge is 0.506 e. The van der Waals surface area contributed by atoms with E-state index < -0.39 is 5.60 Å². The molecule has 3 atom stereocenters. The smallest absolute Gasteiger partial charge is 0.157 e. The van der Waals surface area contributed by atoms with Gasteiger partial charge in [0.25, 0.3) is 0 Å². The van der Waals surface area contributed by atoms with E-state index in [4.69, 9.17) is 9.47 Å². The first kappa shape index (κ1) is 18.0. The number of hydrogen-bond donors (Lipinski definition) is 2. The zero-order chi connectivity index (χ0) is 18.0. The van der Waals surface area contributed by atoms with Crippen molar-refractivity contribution in [3.05, 3.63) is 23.5 Å². The summed E-state index contributed by atoms with van der Waals surface area (Å²) in [7, 11) is 1.84. The lowest BCUT2D eigenvalue weighted by Crippen LogP contribution is -2.36. The average molecular weight is 350 g/mol. The molecule has 1 fully saturated rings. The number of aliphatic hydroxyl groups is 1. The third kappa shape index (κ3) is 4.08. The quantitative estimate of drug-likeness (QED) is 0.845. The van der Waals surface area contributed by atoms with Crippen LogP contribution in [0.2, 0.25) is 0 Å². The number of pyridine rings is 1. The molecule has 2 aliphatic heterocycles. The van der Waals surface area contributed by atoms with Gasteiger partial charge in [0.1, 0.15) is 29.1 Å². The van der Waals surface area contributed by atoms with Crippen molar-refractivity contribution in [1.82, 2.24) is 9.99 Å². The summed E-state index contributed by atoms with van der Waals surface area (Å²) in [4.78, 5) is 4.44. The molecule has 2 aliphatic rings. The summed E-state index contributed by atoms with van der Waals surface area (Å²) in [6.07, 6.45) is 2.91. The van der Waals surface area contributed by atoms with Crippen molar-refractivity contribution in [2.75, 3.05) is 20.3 Å². The van der Waals surface area contributed by atoms with Crippen LogP contribution in [0.15, 0.2) is 22.5 Å². The van der Waals surface area contributed by atoms with Crippen LogP contribution >= 0.6 is 0 Å². The lowest BCUT2D eigenvalue weighted by molar-refractivity contribution is -0.170. The highest BCUT2D eigenvalue weighted by Crippen LogP contribution is 2.34. The van der Waals surface area contributed by atoms with Crippen LogP contribution in [0.3, 0.4) is 0 Å². The molecule has 3 unspecified atom stereocenters. The minimum absolute atomic E-state index is 0.0389. The van der Waals surface area contributed by atoms with Gasteiger partial charge in [0, 0.05) is 13.7 Å². The molecule has 0 bridgehead atoms. The van der Waals surface area contributed by atoms with Crippen LogP contribution in [0.25, 0.3) is 0 Å². The van der Waals surface area contributed by atoms with Gasteiger partial charge in [-0.15, -0.1) is 0 Å². The van der Waals surface area contributed by atoms with Crippen LogP contribution in [0.1, 0.15) is 50.5 Å². The second kappa shape index (κ2) is 7.23. The molecular weight excluding hydrogens is 324 g/mol. The van der Waals surface area contributed by atoms with Gasteiger partial charge in [0.2, 0.25) is 0 Å². The normalized spacial score (nSPS) is 27.0. The number of likely N-dealkylation sites (N-methyl/N-ethyl adjacent to an activating group) is 1. The van der Waals surface area contributed by atoms with Crippen LogP contribution in [-0.4, -0.2) is 52.8 Å². The van der Waals surface area contributed by atoms with E-state index in [0.717, 1.165) is 25.9 Å². The summed E-state index contributed by atoms with van der Waals surface area (Å²) >= 11 is 0. The second-order valence-electron chi connectivity index (χ2n) is 7.08. The SMILES string of the molecule is CN1N=NC(c2ccc(O)c(C(C)(C)O)n2)C1COC1CCCCO1. The van der Waals surface area contributed by atoms with Crippen molar-refractivity contribution in [2.24, 2.45) is 10.3 Å². The number of hydrogen-bond acceptors (Lipinski definition) is 8. The first-order chi connectivity index (χ1) is 11.9. The Morgan fingerprint density at radius 3 is 2.84 bits per heavy atom. The van der Waals surface area contributed by atoms with Gasteiger partial charge in [-0.2, -0.15) is 5.11 Å². The molecule has 1 aromatic rings. The minimum atomic E-state index is -1.25. The number of rotatable bonds is 5. The Labute approximate surface area is 147 Å². The highest BCUT2D eigenvalue weighted by atomic mass is 16.7. The molecule has 8 nitrogen and oxygen atoms in total.